The fourth-order valence-electron chi connectivity index (χ4n) is 1.45. The lowest BCUT2D eigenvalue weighted by molar-refractivity contribution is -0.142. The van der Waals surface area contributed by atoms with Crippen LogP contribution < -0.4 is 5.73 Å². The first-order valence-electron chi connectivity index (χ1n) is 5.69. The van der Waals surface area contributed by atoms with Gasteiger partial charge >= 0.3 is 5.97 Å². The van der Waals surface area contributed by atoms with Crippen molar-refractivity contribution in [3.8, 4) is 0 Å². The molecular formula is C11H24N2O4. The highest BCUT2D eigenvalue weighted by molar-refractivity contribution is 5.75. The van der Waals surface area contributed by atoms with Gasteiger partial charge in [0.25, 0.3) is 0 Å². The normalized spacial score (nSPS) is 12.8. The maximum atomic E-state index is 11.2. The molecule has 0 aromatic rings. The molecule has 6 nitrogen and oxygen atoms in total. The lowest BCUT2D eigenvalue weighted by Crippen LogP contribution is -2.44. The van der Waals surface area contributed by atoms with Gasteiger partial charge in [-0.25, -0.2) is 0 Å². The molecule has 0 aromatic carbocycles. The van der Waals surface area contributed by atoms with E-state index in [9.17, 15) is 4.79 Å². The summed E-state index contributed by atoms with van der Waals surface area (Å²) in [7, 11) is 4.65. The van der Waals surface area contributed by atoms with Crippen LogP contribution in [-0.4, -0.2) is 71.1 Å². The maximum Gasteiger partial charge on any atom is 0.323 e. The first-order valence-corrected chi connectivity index (χ1v) is 5.69. The van der Waals surface area contributed by atoms with Crippen LogP contribution in [0.5, 0.6) is 0 Å². The van der Waals surface area contributed by atoms with Gasteiger partial charge in [0.1, 0.15) is 6.04 Å². The number of methoxy groups -OCH3 is 3. The van der Waals surface area contributed by atoms with Crippen LogP contribution in [0.2, 0.25) is 0 Å². The average molecular weight is 248 g/mol. The van der Waals surface area contributed by atoms with Crippen LogP contribution >= 0.6 is 0 Å². The van der Waals surface area contributed by atoms with Crippen molar-refractivity contribution in [2.45, 2.75) is 12.5 Å². The molecule has 0 aliphatic carbocycles. The number of nitrogens with zero attached hydrogens (tertiary/aromatic N) is 1. The summed E-state index contributed by atoms with van der Waals surface area (Å²) in [4.78, 5) is 13.3. The third-order valence-corrected chi connectivity index (χ3v) is 2.39. The van der Waals surface area contributed by atoms with Crippen LogP contribution in [0.15, 0.2) is 0 Å². The van der Waals surface area contributed by atoms with Crippen molar-refractivity contribution in [2.75, 3.05) is 54.2 Å². The van der Waals surface area contributed by atoms with E-state index in [1.165, 1.54) is 7.11 Å². The SMILES string of the molecule is COCCCN(CCOC)CC(N)C(=O)OC. The molecule has 0 heterocycles. The summed E-state index contributed by atoms with van der Waals surface area (Å²) >= 11 is 0. The Kier molecular flexibility index (Phi) is 10.0. The van der Waals surface area contributed by atoms with Gasteiger partial charge in [-0.2, -0.15) is 0 Å². The zero-order valence-electron chi connectivity index (χ0n) is 11.0. The highest BCUT2D eigenvalue weighted by atomic mass is 16.5. The van der Waals surface area contributed by atoms with E-state index in [2.05, 4.69) is 9.64 Å². The lowest BCUT2D eigenvalue weighted by Gasteiger charge is -2.24. The average Bonchev–Trinajstić information content (AvgIpc) is 2.34. The predicted molar refractivity (Wildman–Crippen MR) is 64.8 cm³/mol. The van der Waals surface area contributed by atoms with Crippen molar-refractivity contribution >= 4 is 5.97 Å². The Morgan fingerprint density at radius 1 is 1.18 bits per heavy atom. The molecule has 0 fully saturated rings. The first kappa shape index (κ1) is 16.3. The zero-order chi connectivity index (χ0) is 13.1. The summed E-state index contributed by atoms with van der Waals surface area (Å²) in [6.45, 7) is 3.34. The quantitative estimate of drug-likeness (QED) is 0.414. The predicted octanol–water partition coefficient (Wildman–Crippen LogP) is -0.528. The standard InChI is InChI=1S/C11H24N2O4/c1-15-7-4-5-13(6-8-16-2)9-10(12)11(14)17-3/h10H,4-9,12H2,1-3H3. The minimum Gasteiger partial charge on any atom is -0.468 e. The Bertz CT molecular complexity index is 202. The number of carbonyl (C=O) groups excluding carboxylic acids is 1. The molecule has 0 bridgehead atoms. The summed E-state index contributed by atoms with van der Waals surface area (Å²) < 4.78 is 14.6. The number of nitrogens with two attached hydrogens (primary N) is 1. The summed E-state index contributed by atoms with van der Waals surface area (Å²) in [5, 5.41) is 0. The maximum absolute atomic E-state index is 11.2. The number of hydrogen-bond donors (Lipinski definition) is 1. The zero-order valence-corrected chi connectivity index (χ0v) is 11.0. The molecule has 0 aliphatic rings. The van der Waals surface area contributed by atoms with Gasteiger partial charge in [0.15, 0.2) is 0 Å². The minimum atomic E-state index is -0.612. The van der Waals surface area contributed by atoms with Gasteiger partial charge in [-0.05, 0) is 6.42 Å². The molecule has 102 valence electrons. The Morgan fingerprint density at radius 2 is 1.82 bits per heavy atom. The number of ether oxygens (including phenoxy) is 3. The summed E-state index contributed by atoms with van der Waals surface area (Å²) in [5.74, 6) is -0.390. The monoisotopic (exact) mass is 248 g/mol. The van der Waals surface area contributed by atoms with Crippen LogP contribution in [-0.2, 0) is 19.0 Å². The molecule has 0 radical (unpaired) electrons. The Balaban J connectivity index is 4.02. The van der Waals surface area contributed by atoms with Crippen molar-refractivity contribution in [1.82, 2.24) is 4.90 Å². The third-order valence-electron chi connectivity index (χ3n) is 2.39. The fourth-order valence-corrected chi connectivity index (χ4v) is 1.45. The van der Waals surface area contributed by atoms with Crippen molar-refractivity contribution in [3.63, 3.8) is 0 Å². The second-order valence-electron chi connectivity index (χ2n) is 3.77. The number of carbonyl (C=O) groups is 1. The van der Waals surface area contributed by atoms with E-state index >= 15 is 0 Å². The molecule has 6 heteroatoms. The molecule has 1 atom stereocenters. The third kappa shape index (κ3) is 8.09. The highest BCUT2D eigenvalue weighted by Crippen LogP contribution is 1.96. The van der Waals surface area contributed by atoms with Gasteiger partial charge in [-0.3, -0.25) is 9.69 Å². The van der Waals surface area contributed by atoms with E-state index in [0.717, 1.165) is 19.5 Å². The van der Waals surface area contributed by atoms with Gasteiger partial charge in [0, 0.05) is 40.5 Å². The molecule has 17 heavy (non-hydrogen) atoms. The van der Waals surface area contributed by atoms with Gasteiger partial charge in [0.05, 0.1) is 13.7 Å². The van der Waals surface area contributed by atoms with E-state index in [1.807, 2.05) is 0 Å². The van der Waals surface area contributed by atoms with Crippen LogP contribution in [0.3, 0.4) is 0 Å². The van der Waals surface area contributed by atoms with Gasteiger partial charge in [-0.15, -0.1) is 0 Å². The fraction of sp³-hybridized carbons (Fsp3) is 0.909. The molecule has 0 aromatic heterocycles. The molecule has 0 spiro atoms. The van der Waals surface area contributed by atoms with E-state index in [0.29, 0.717) is 19.8 Å². The molecule has 0 amide bonds. The Morgan fingerprint density at radius 3 is 2.35 bits per heavy atom. The van der Waals surface area contributed by atoms with E-state index in [4.69, 9.17) is 15.2 Å². The molecular weight excluding hydrogens is 224 g/mol. The smallest absolute Gasteiger partial charge is 0.323 e. The molecule has 1 unspecified atom stereocenters. The van der Waals surface area contributed by atoms with Crippen molar-refractivity contribution in [2.24, 2.45) is 5.73 Å². The molecule has 0 saturated heterocycles. The number of hydrogen-bond acceptors (Lipinski definition) is 6. The first-order chi connectivity index (χ1) is 8.15. The lowest BCUT2D eigenvalue weighted by atomic mass is 10.2. The summed E-state index contributed by atoms with van der Waals surface area (Å²) in [5.41, 5.74) is 5.72. The van der Waals surface area contributed by atoms with Gasteiger partial charge < -0.3 is 19.9 Å². The van der Waals surface area contributed by atoms with E-state index in [-0.39, 0.29) is 5.97 Å². The molecule has 0 rings (SSSR count). The largest absolute Gasteiger partial charge is 0.468 e. The topological polar surface area (TPSA) is 74.0 Å². The number of esters is 1. The number of rotatable bonds is 10. The summed E-state index contributed by atoms with van der Waals surface area (Å²) in [6, 6.07) is -0.612. The molecule has 0 saturated carbocycles. The van der Waals surface area contributed by atoms with Gasteiger partial charge in [0.2, 0.25) is 0 Å². The van der Waals surface area contributed by atoms with Crippen molar-refractivity contribution in [1.29, 1.82) is 0 Å². The van der Waals surface area contributed by atoms with Crippen LogP contribution in [0, 0.1) is 0 Å². The molecule has 0 aliphatic heterocycles. The highest BCUT2D eigenvalue weighted by Gasteiger charge is 2.17. The van der Waals surface area contributed by atoms with E-state index in [1.54, 1.807) is 14.2 Å². The van der Waals surface area contributed by atoms with Gasteiger partial charge in [-0.1, -0.05) is 0 Å². The second kappa shape index (κ2) is 10.5. The van der Waals surface area contributed by atoms with E-state index < -0.39 is 6.04 Å². The van der Waals surface area contributed by atoms with Crippen molar-refractivity contribution in [3.05, 3.63) is 0 Å². The van der Waals surface area contributed by atoms with Crippen LogP contribution in [0.25, 0.3) is 0 Å². The second-order valence-corrected chi connectivity index (χ2v) is 3.77. The Labute approximate surface area is 103 Å². The van der Waals surface area contributed by atoms with Crippen LogP contribution in [0.1, 0.15) is 6.42 Å². The van der Waals surface area contributed by atoms with Crippen molar-refractivity contribution < 1.29 is 19.0 Å². The Hall–Kier alpha value is -0.690. The minimum absolute atomic E-state index is 0.390. The van der Waals surface area contributed by atoms with Crippen LogP contribution in [0.4, 0.5) is 0 Å². The summed E-state index contributed by atoms with van der Waals surface area (Å²) in [6.07, 6.45) is 0.897. The molecule has 2 N–H and O–H groups in total.